The fraction of sp³-hybridized carbons (Fsp3) is 0.357. The van der Waals surface area contributed by atoms with E-state index in [9.17, 15) is 14.4 Å². The maximum Gasteiger partial charge on any atom is 0.337 e. The van der Waals surface area contributed by atoms with Gasteiger partial charge in [-0.3, -0.25) is 4.79 Å². The van der Waals surface area contributed by atoms with Gasteiger partial charge in [0.15, 0.2) is 0 Å². The fourth-order valence-electron chi connectivity index (χ4n) is 2.31. The third-order valence-electron chi connectivity index (χ3n) is 3.40. The first-order valence-electron chi connectivity index (χ1n) is 6.58. The van der Waals surface area contributed by atoms with Gasteiger partial charge in [0, 0.05) is 12.2 Å². The first-order chi connectivity index (χ1) is 10.0. The number of urea groups is 1. The first-order valence-corrected chi connectivity index (χ1v) is 6.58. The van der Waals surface area contributed by atoms with E-state index in [4.69, 9.17) is 5.73 Å². The largest absolute Gasteiger partial charge is 0.465 e. The van der Waals surface area contributed by atoms with E-state index < -0.39 is 17.9 Å². The van der Waals surface area contributed by atoms with Crippen LogP contribution in [0.5, 0.6) is 0 Å². The lowest BCUT2D eigenvalue weighted by Crippen LogP contribution is -2.45. The molecule has 1 heterocycles. The standard InChI is InChI=1S/C14H17N3O4/c1-21-13(19)9-4-6-10(7-5-9)16-14(20)17-8-2-3-11(17)12(15)18/h4-7,11H,2-3,8H2,1H3,(H2,15,18)(H,16,20)/t11-/m0/s1. The van der Waals surface area contributed by atoms with Gasteiger partial charge in [-0.1, -0.05) is 0 Å². The van der Waals surface area contributed by atoms with Crippen molar-refractivity contribution in [3.8, 4) is 0 Å². The summed E-state index contributed by atoms with van der Waals surface area (Å²) in [5.41, 5.74) is 6.20. The number of amides is 3. The number of nitrogens with zero attached hydrogens (tertiary/aromatic N) is 1. The molecular formula is C14H17N3O4. The predicted octanol–water partition coefficient (Wildman–Crippen LogP) is 0.955. The number of ether oxygens (including phenoxy) is 1. The number of rotatable bonds is 3. The van der Waals surface area contributed by atoms with Gasteiger partial charge in [-0.05, 0) is 37.1 Å². The number of carbonyl (C=O) groups excluding carboxylic acids is 3. The molecule has 1 aromatic carbocycles. The Balaban J connectivity index is 2.02. The molecule has 2 rings (SSSR count). The van der Waals surface area contributed by atoms with Crippen molar-refractivity contribution in [1.82, 2.24) is 4.90 Å². The van der Waals surface area contributed by atoms with Crippen LogP contribution in [0.1, 0.15) is 23.2 Å². The fourth-order valence-corrected chi connectivity index (χ4v) is 2.31. The Bertz CT molecular complexity index is 556. The SMILES string of the molecule is COC(=O)c1ccc(NC(=O)N2CCC[C@H]2C(N)=O)cc1. The molecule has 1 aromatic rings. The summed E-state index contributed by atoms with van der Waals surface area (Å²) >= 11 is 0. The number of primary amides is 1. The molecule has 1 atom stereocenters. The molecule has 0 spiro atoms. The number of methoxy groups -OCH3 is 1. The number of benzene rings is 1. The smallest absolute Gasteiger partial charge is 0.337 e. The van der Waals surface area contributed by atoms with Crippen molar-refractivity contribution >= 4 is 23.6 Å². The topological polar surface area (TPSA) is 102 Å². The van der Waals surface area contributed by atoms with Crippen molar-refractivity contribution in [3.05, 3.63) is 29.8 Å². The quantitative estimate of drug-likeness (QED) is 0.809. The van der Waals surface area contributed by atoms with Crippen molar-refractivity contribution in [1.29, 1.82) is 0 Å². The highest BCUT2D eigenvalue weighted by Crippen LogP contribution is 2.19. The minimum Gasteiger partial charge on any atom is -0.465 e. The normalized spacial score (nSPS) is 17.4. The Labute approximate surface area is 122 Å². The van der Waals surface area contributed by atoms with E-state index in [0.717, 1.165) is 6.42 Å². The second-order valence-electron chi connectivity index (χ2n) is 4.75. The van der Waals surface area contributed by atoms with Gasteiger partial charge in [0.25, 0.3) is 0 Å². The van der Waals surface area contributed by atoms with E-state index in [1.54, 1.807) is 24.3 Å². The van der Waals surface area contributed by atoms with Crippen LogP contribution in [-0.4, -0.2) is 42.5 Å². The van der Waals surface area contributed by atoms with Crippen LogP contribution in [0.25, 0.3) is 0 Å². The highest BCUT2D eigenvalue weighted by Gasteiger charge is 2.32. The zero-order chi connectivity index (χ0) is 15.4. The van der Waals surface area contributed by atoms with Crippen LogP contribution in [0.2, 0.25) is 0 Å². The lowest BCUT2D eigenvalue weighted by molar-refractivity contribution is -0.121. The zero-order valence-electron chi connectivity index (χ0n) is 11.7. The molecule has 3 N–H and O–H groups in total. The Morgan fingerprint density at radius 3 is 2.52 bits per heavy atom. The van der Waals surface area contributed by atoms with Gasteiger partial charge >= 0.3 is 12.0 Å². The van der Waals surface area contributed by atoms with Gasteiger partial charge in [0.05, 0.1) is 12.7 Å². The molecule has 0 saturated carbocycles. The van der Waals surface area contributed by atoms with E-state index >= 15 is 0 Å². The lowest BCUT2D eigenvalue weighted by atomic mass is 10.2. The van der Waals surface area contributed by atoms with Gasteiger partial charge in [0.1, 0.15) is 6.04 Å². The van der Waals surface area contributed by atoms with Gasteiger partial charge in [0.2, 0.25) is 5.91 Å². The number of carbonyl (C=O) groups is 3. The number of hydrogen-bond donors (Lipinski definition) is 2. The molecular weight excluding hydrogens is 274 g/mol. The van der Waals surface area contributed by atoms with Crippen molar-refractivity contribution < 1.29 is 19.1 Å². The Morgan fingerprint density at radius 2 is 1.95 bits per heavy atom. The summed E-state index contributed by atoms with van der Waals surface area (Å²) < 4.78 is 4.59. The highest BCUT2D eigenvalue weighted by molar-refractivity contribution is 5.94. The molecule has 112 valence electrons. The van der Waals surface area contributed by atoms with Crippen LogP contribution in [0, 0.1) is 0 Å². The van der Waals surface area contributed by atoms with Crippen LogP contribution < -0.4 is 11.1 Å². The van der Waals surface area contributed by atoms with Gasteiger partial charge in [-0.25, -0.2) is 9.59 Å². The number of esters is 1. The zero-order valence-corrected chi connectivity index (χ0v) is 11.7. The predicted molar refractivity (Wildman–Crippen MR) is 75.7 cm³/mol. The molecule has 1 aliphatic heterocycles. The second kappa shape index (κ2) is 6.25. The first kappa shape index (κ1) is 14.8. The Hall–Kier alpha value is -2.57. The van der Waals surface area contributed by atoms with Gasteiger partial charge < -0.3 is 20.7 Å². The average Bonchev–Trinajstić information content (AvgIpc) is 2.97. The summed E-state index contributed by atoms with van der Waals surface area (Å²) in [5, 5.41) is 2.68. The third-order valence-corrected chi connectivity index (χ3v) is 3.40. The van der Waals surface area contributed by atoms with Crippen LogP contribution in [-0.2, 0) is 9.53 Å². The Morgan fingerprint density at radius 1 is 1.29 bits per heavy atom. The highest BCUT2D eigenvalue weighted by atomic mass is 16.5. The molecule has 3 amide bonds. The summed E-state index contributed by atoms with van der Waals surface area (Å²) in [6, 6.07) is 5.37. The van der Waals surface area contributed by atoms with Crippen molar-refractivity contribution in [2.45, 2.75) is 18.9 Å². The second-order valence-corrected chi connectivity index (χ2v) is 4.75. The van der Waals surface area contributed by atoms with Crippen LogP contribution >= 0.6 is 0 Å². The van der Waals surface area contributed by atoms with Crippen LogP contribution in [0.3, 0.4) is 0 Å². The summed E-state index contributed by atoms with van der Waals surface area (Å²) in [6.45, 7) is 0.500. The van der Waals surface area contributed by atoms with Gasteiger partial charge in [-0.15, -0.1) is 0 Å². The minimum atomic E-state index is -0.556. The molecule has 1 saturated heterocycles. The number of likely N-dealkylation sites (tertiary alicyclic amines) is 1. The minimum absolute atomic E-state index is 0.373. The summed E-state index contributed by atoms with van der Waals surface area (Å²) in [4.78, 5) is 36.1. The maximum atomic E-state index is 12.1. The average molecular weight is 291 g/mol. The van der Waals surface area contributed by atoms with Crippen LogP contribution in [0.15, 0.2) is 24.3 Å². The molecule has 0 unspecified atom stereocenters. The molecule has 7 heteroatoms. The van der Waals surface area contributed by atoms with E-state index in [-0.39, 0.29) is 6.03 Å². The number of anilines is 1. The molecule has 0 radical (unpaired) electrons. The summed E-state index contributed by atoms with van der Waals surface area (Å²) in [6.07, 6.45) is 1.34. The van der Waals surface area contributed by atoms with Crippen molar-refractivity contribution in [3.63, 3.8) is 0 Å². The summed E-state index contributed by atoms with van der Waals surface area (Å²) in [7, 11) is 1.30. The summed E-state index contributed by atoms with van der Waals surface area (Å²) in [5.74, 6) is -0.940. The molecule has 0 aliphatic carbocycles. The molecule has 0 aromatic heterocycles. The number of nitrogens with two attached hydrogens (primary N) is 1. The lowest BCUT2D eigenvalue weighted by Gasteiger charge is -2.22. The van der Waals surface area contributed by atoms with Gasteiger partial charge in [-0.2, -0.15) is 0 Å². The Kier molecular flexibility index (Phi) is 4.42. The maximum absolute atomic E-state index is 12.1. The molecule has 7 nitrogen and oxygen atoms in total. The van der Waals surface area contributed by atoms with E-state index in [1.807, 2.05) is 0 Å². The monoisotopic (exact) mass is 291 g/mol. The number of nitrogens with one attached hydrogen (secondary N) is 1. The van der Waals surface area contributed by atoms with Crippen molar-refractivity contribution in [2.24, 2.45) is 5.73 Å². The molecule has 1 aliphatic rings. The molecule has 1 fully saturated rings. The van der Waals surface area contributed by atoms with E-state index in [0.29, 0.717) is 24.2 Å². The van der Waals surface area contributed by atoms with E-state index in [1.165, 1.54) is 12.0 Å². The molecule has 0 bridgehead atoms. The third kappa shape index (κ3) is 3.31. The number of hydrogen-bond acceptors (Lipinski definition) is 4. The van der Waals surface area contributed by atoms with Crippen molar-refractivity contribution in [2.75, 3.05) is 19.0 Å². The van der Waals surface area contributed by atoms with E-state index in [2.05, 4.69) is 10.1 Å². The molecule has 21 heavy (non-hydrogen) atoms. The van der Waals surface area contributed by atoms with Crippen LogP contribution in [0.4, 0.5) is 10.5 Å².